The molecule has 0 saturated heterocycles. The lowest BCUT2D eigenvalue weighted by atomic mass is 9.86. The van der Waals surface area contributed by atoms with Crippen LogP contribution >= 0.6 is 11.6 Å². The Kier molecular flexibility index (Phi) is 3.98. The maximum Gasteiger partial charge on any atom is 0.212 e. The number of hydrogen-bond donors (Lipinski definition) is 1. The van der Waals surface area contributed by atoms with Crippen molar-refractivity contribution in [2.45, 2.75) is 18.6 Å². The molecule has 128 valence electrons. The van der Waals surface area contributed by atoms with E-state index in [-0.39, 0.29) is 23.3 Å². The predicted molar refractivity (Wildman–Crippen MR) is 96.4 cm³/mol. The Balaban J connectivity index is 1.78. The SMILES string of the molecule is O=[N+]([O-])C[C@H]1c2cc3cc(Cl)ccc3n2[C@@H](O)[C@H]1Cc1ccccc1. The number of fused-ring (bicyclic) bond motifs is 3. The molecule has 1 N–H and O–H groups in total. The molecule has 1 aliphatic rings. The number of halogens is 1. The van der Waals surface area contributed by atoms with Gasteiger partial charge < -0.3 is 9.67 Å². The van der Waals surface area contributed by atoms with Gasteiger partial charge in [0.15, 0.2) is 0 Å². The van der Waals surface area contributed by atoms with Crippen LogP contribution in [0.5, 0.6) is 0 Å². The van der Waals surface area contributed by atoms with Gasteiger partial charge in [0.1, 0.15) is 6.23 Å². The standard InChI is InChI=1S/C19H17ClN2O3/c20-14-6-7-17-13(9-14)10-18-16(11-21(24)25)15(19(23)22(17)18)8-12-4-2-1-3-5-12/h1-7,9-10,15-16,19,23H,8,11H2/t15-,16+,19-/m0/s1. The summed E-state index contributed by atoms with van der Waals surface area (Å²) in [5.41, 5.74) is 2.73. The molecule has 4 rings (SSSR count). The van der Waals surface area contributed by atoms with Crippen molar-refractivity contribution in [2.24, 2.45) is 5.92 Å². The van der Waals surface area contributed by atoms with Crippen molar-refractivity contribution >= 4 is 22.5 Å². The molecule has 0 radical (unpaired) electrons. The average Bonchev–Trinajstić information content (AvgIpc) is 3.06. The lowest BCUT2D eigenvalue weighted by Gasteiger charge is -2.20. The van der Waals surface area contributed by atoms with Gasteiger partial charge in [-0.1, -0.05) is 41.9 Å². The molecule has 6 heteroatoms. The predicted octanol–water partition coefficient (Wildman–Crippen LogP) is 4.02. The molecule has 3 atom stereocenters. The molecule has 0 amide bonds. The lowest BCUT2D eigenvalue weighted by Crippen LogP contribution is -2.22. The van der Waals surface area contributed by atoms with Crippen LogP contribution in [0.2, 0.25) is 5.02 Å². The monoisotopic (exact) mass is 356 g/mol. The quantitative estimate of drug-likeness (QED) is 0.567. The van der Waals surface area contributed by atoms with Gasteiger partial charge in [0.25, 0.3) is 0 Å². The van der Waals surface area contributed by atoms with Gasteiger partial charge in [0, 0.05) is 26.9 Å². The second kappa shape index (κ2) is 6.17. The minimum atomic E-state index is -0.793. The molecule has 2 aromatic carbocycles. The van der Waals surface area contributed by atoms with Gasteiger partial charge in [-0.3, -0.25) is 10.1 Å². The van der Waals surface area contributed by atoms with E-state index in [1.807, 2.05) is 53.1 Å². The normalized spacial score (nSPS) is 22.2. The number of benzene rings is 2. The zero-order valence-corrected chi connectivity index (χ0v) is 14.1. The molecule has 25 heavy (non-hydrogen) atoms. The van der Waals surface area contributed by atoms with Crippen LogP contribution in [0.25, 0.3) is 10.9 Å². The topological polar surface area (TPSA) is 68.3 Å². The second-order valence-electron chi connectivity index (χ2n) is 6.53. The van der Waals surface area contributed by atoms with E-state index < -0.39 is 6.23 Å². The molecular weight excluding hydrogens is 340 g/mol. The fourth-order valence-electron chi connectivity index (χ4n) is 3.95. The van der Waals surface area contributed by atoms with E-state index in [9.17, 15) is 15.2 Å². The summed E-state index contributed by atoms with van der Waals surface area (Å²) < 4.78 is 1.83. The van der Waals surface area contributed by atoms with Gasteiger partial charge in [0.2, 0.25) is 6.54 Å². The molecular formula is C19H17ClN2O3. The van der Waals surface area contributed by atoms with Crippen molar-refractivity contribution in [3.8, 4) is 0 Å². The third kappa shape index (κ3) is 2.79. The van der Waals surface area contributed by atoms with Gasteiger partial charge in [0.05, 0.1) is 11.4 Å². The maximum absolute atomic E-state index is 11.2. The average molecular weight is 357 g/mol. The Bertz CT molecular complexity index is 938. The van der Waals surface area contributed by atoms with E-state index in [1.54, 1.807) is 6.07 Å². The van der Waals surface area contributed by atoms with Crippen LogP contribution in [0.3, 0.4) is 0 Å². The molecule has 2 heterocycles. The highest BCUT2D eigenvalue weighted by atomic mass is 35.5. The molecule has 0 fully saturated rings. The first kappa shape index (κ1) is 16.1. The maximum atomic E-state index is 11.2. The van der Waals surface area contributed by atoms with Crippen molar-refractivity contribution < 1.29 is 10.0 Å². The van der Waals surface area contributed by atoms with E-state index in [1.165, 1.54) is 0 Å². The lowest BCUT2D eigenvalue weighted by molar-refractivity contribution is -0.485. The summed E-state index contributed by atoms with van der Waals surface area (Å²) in [7, 11) is 0. The minimum absolute atomic E-state index is 0.196. The van der Waals surface area contributed by atoms with Gasteiger partial charge in [-0.2, -0.15) is 0 Å². The van der Waals surface area contributed by atoms with Crippen molar-refractivity contribution in [1.82, 2.24) is 4.57 Å². The highest BCUT2D eigenvalue weighted by Gasteiger charge is 2.43. The summed E-state index contributed by atoms with van der Waals surface area (Å²) in [5, 5.41) is 23.7. The van der Waals surface area contributed by atoms with E-state index >= 15 is 0 Å². The molecule has 1 aliphatic heterocycles. The molecule has 0 aliphatic carbocycles. The van der Waals surface area contributed by atoms with Crippen LogP contribution in [0.15, 0.2) is 54.6 Å². The molecule has 0 bridgehead atoms. The van der Waals surface area contributed by atoms with Crippen LogP contribution < -0.4 is 0 Å². The first-order valence-corrected chi connectivity index (χ1v) is 8.56. The number of aliphatic hydroxyl groups excluding tert-OH is 1. The highest BCUT2D eigenvalue weighted by molar-refractivity contribution is 6.31. The fourth-order valence-corrected chi connectivity index (χ4v) is 4.13. The van der Waals surface area contributed by atoms with E-state index in [0.29, 0.717) is 11.4 Å². The Morgan fingerprint density at radius 3 is 2.64 bits per heavy atom. The highest BCUT2D eigenvalue weighted by Crippen LogP contribution is 2.45. The third-order valence-electron chi connectivity index (χ3n) is 5.03. The molecule has 1 aromatic heterocycles. The number of nitrogens with zero attached hydrogens (tertiary/aromatic N) is 2. The van der Waals surface area contributed by atoms with Gasteiger partial charge in [-0.25, -0.2) is 0 Å². The Hall–Kier alpha value is -2.37. The van der Waals surface area contributed by atoms with E-state index in [0.717, 1.165) is 22.2 Å². The Labute approximate surface area is 149 Å². The summed E-state index contributed by atoms with van der Waals surface area (Å²) >= 11 is 6.05. The van der Waals surface area contributed by atoms with Gasteiger partial charge in [-0.05, 0) is 36.2 Å². The van der Waals surface area contributed by atoms with Crippen molar-refractivity contribution in [2.75, 3.05) is 6.54 Å². The third-order valence-corrected chi connectivity index (χ3v) is 5.27. The summed E-state index contributed by atoms with van der Waals surface area (Å²) in [6.45, 7) is -0.196. The molecule has 0 saturated carbocycles. The summed E-state index contributed by atoms with van der Waals surface area (Å²) in [4.78, 5) is 10.9. The largest absolute Gasteiger partial charge is 0.373 e. The van der Waals surface area contributed by atoms with Gasteiger partial charge in [-0.15, -0.1) is 0 Å². The summed E-state index contributed by atoms with van der Waals surface area (Å²) in [5.74, 6) is -0.570. The second-order valence-corrected chi connectivity index (χ2v) is 6.97. The van der Waals surface area contributed by atoms with Crippen LogP contribution in [-0.2, 0) is 6.42 Å². The minimum Gasteiger partial charge on any atom is -0.373 e. The van der Waals surface area contributed by atoms with E-state index in [2.05, 4.69) is 0 Å². The molecule has 0 unspecified atom stereocenters. The van der Waals surface area contributed by atoms with Crippen molar-refractivity contribution in [3.63, 3.8) is 0 Å². The number of rotatable bonds is 4. The first-order valence-electron chi connectivity index (χ1n) is 8.19. The first-order chi connectivity index (χ1) is 12.0. The van der Waals surface area contributed by atoms with Gasteiger partial charge >= 0.3 is 0 Å². The molecule has 0 spiro atoms. The Morgan fingerprint density at radius 1 is 1.16 bits per heavy atom. The number of hydrogen-bond acceptors (Lipinski definition) is 3. The summed E-state index contributed by atoms with van der Waals surface area (Å²) in [6.07, 6.45) is -0.198. The summed E-state index contributed by atoms with van der Waals surface area (Å²) in [6, 6.07) is 17.2. The zero-order chi connectivity index (χ0) is 17.6. The van der Waals surface area contributed by atoms with E-state index in [4.69, 9.17) is 11.6 Å². The van der Waals surface area contributed by atoms with Crippen LogP contribution in [0.1, 0.15) is 23.4 Å². The van der Waals surface area contributed by atoms with Crippen LogP contribution in [-0.4, -0.2) is 21.1 Å². The zero-order valence-electron chi connectivity index (χ0n) is 13.4. The smallest absolute Gasteiger partial charge is 0.212 e. The van der Waals surface area contributed by atoms with Crippen LogP contribution in [0.4, 0.5) is 0 Å². The van der Waals surface area contributed by atoms with Crippen LogP contribution in [0, 0.1) is 16.0 Å². The number of aliphatic hydroxyl groups is 1. The fraction of sp³-hybridized carbons (Fsp3) is 0.263. The molecule has 5 nitrogen and oxygen atoms in total. The molecule has 3 aromatic rings. The number of nitro groups is 1. The Morgan fingerprint density at radius 2 is 1.92 bits per heavy atom. The van der Waals surface area contributed by atoms with Crippen molar-refractivity contribution in [1.29, 1.82) is 0 Å². The van der Waals surface area contributed by atoms with Crippen molar-refractivity contribution in [3.05, 3.63) is 81.0 Å². The number of aromatic nitrogens is 1.